The zero-order valence-electron chi connectivity index (χ0n) is 17.1. The van der Waals surface area contributed by atoms with Crippen molar-refractivity contribution in [1.82, 2.24) is 0 Å². The maximum Gasteiger partial charge on any atom is 0.343 e. The summed E-state index contributed by atoms with van der Waals surface area (Å²) < 4.78 is 21.2. The van der Waals surface area contributed by atoms with E-state index in [2.05, 4.69) is 5.32 Å². The van der Waals surface area contributed by atoms with E-state index >= 15 is 0 Å². The molecule has 31 heavy (non-hydrogen) atoms. The fourth-order valence-electron chi connectivity index (χ4n) is 2.78. The van der Waals surface area contributed by atoms with E-state index < -0.39 is 5.97 Å². The third kappa shape index (κ3) is 5.26. The van der Waals surface area contributed by atoms with Crippen molar-refractivity contribution in [2.45, 2.75) is 0 Å². The van der Waals surface area contributed by atoms with Gasteiger partial charge in [-0.25, -0.2) is 4.79 Å². The standard InChI is InChI=1S/C23H20ClNO6/c1-28-19-12-15(13-20(29-2)21(19)30-3)23(27)31-18-10-4-14(5-11-18)22(26)25-17-8-6-16(24)7-9-17/h4-13H,1-3H3,(H,25,26). The molecule has 3 aromatic carbocycles. The van der Waals surface area contributed by atoms with Crippen LogP contribution in [-0.2, 0) is 0 Å². The lowest BCUT2D eigenvalue weighted by molar-refractivity contribution is 0.0733. The number of carbonyl (C=O) groups is 2. The average molecular weight is 442 g/mol. The van der Waals surface area contributed by atoms with E-state index in [1.54, 1.807) is 36.4 Å². The molecule has 0 aromatic heterocycles. The first-order chi connectivity index (χ1) is 14.9. The summed E-state index contributed by atoms with van der Waals surface area (Å²) in [6.45, 7) is 0. The molecule has 0 atom stereocenters. The van der Waals surface area contributed by atoms with Crippen LogP contribution in [0.5, 0.6) is 23.0 Å². The fourth-order valence-corrected chi connectivity index (χ4v) is 2.90. The zero-order valence-corrected chi connectivity index (χ0v) is 17.9. The van der Waals surface area contributed by atoms with Gasteiger partial charge in [0.15, 0.2) is 11.5 Å². The molecule has 1 N–H and O–H groups in total. The number of esters is 1. The van der Waals surface area contributed by atoms with E-state index in [4.69, 9.17) is 30.5 Å². The molecule has 3 rings (SSSR count). The summed E-state index contributed by atoms with van der Waals surface area (Å²) in [7, 11) is 4.39. The van der Waals surface area contributed by atoms with Crippen molar-refractivity contribution in [2.24, 2.45) is 0 Å². The number of nitrogens with one attached hydrogen (secondary N) is 1. The highest BCUT2D eigenvalue weighted by Gasteiger charge is 2.18. The Morgan fingerprint density at radius 2 is 1.35 bits per heavy atom. The van der Waals surface area contributed by atoms with Crippen LogP contribution < -0.4 is 24.3 Å². The van der Waals surface area contributed by atoms with Crippen molar-refractivity contribution in [3.8, 4) is 23.0 Å². The number of methoxy groups -OCH3 is 3. The van der Waals surface area contributed by atoms with Crippen molar-refractivity contribution in [1.29, 1.82) is 0 Å². The van der Waals surface area contributed by atoms with Crippen LogP contribution in [0.15, 0.2) is 60.7 Å². The van der Waals surface area contributed by atoms with Crippen LogP contribution in [0.3, 0.4) is 0 Å². The number of carbonyl (C=O) groups excluding carboxylic acids is 2. The maximum atomic E-state index is 12.6. The van der Waals surface area contributed by atoms with E-state index in [1.165, 1.54) is 45.6 Å². The zero-order chi connectivity index (χ0) is 22.4. The molecule has 3 aromatic rings. The second-order valence-electron chi connectivity index (χ2n) is 6.29. The van der Waals surface area contributed by atoms with Gasteiger partial charge in [0.05, 0.1) is 26.9 Å². The minimum Gasteiger partial charge on any atom is -0.493 e. The summed E-state index contributed by atoms with van der Waals surface area (Å²) in [5.41, 5.74) is 1.24. The van der Waals surface area contributed by atoms with E-state index in [-0.39, 0.29) is 17.2 Å². The van der Waals surface area contributed by atoms with Gasteiger partial charge in [-0.3, -0.25) is 4.79 Å². The predicted octanol–water partition coefficient (Wildman–Crippen LogP) is 4.84. The average Bonchev–Trinajstić information content (AvgIpc) is 2.79. The van der Waals surface area contributed by atoms with Crippen LogP contribution in [0.2, 0.25) is 5.02 Å². The fraction of sp³-hybridized carbons (Fsp3) is 0.130. The number of anilines is 1. The highest BCUT2D eigenvalue weighted by atomic mass is 35.5. The van der Waals surface area contributed by atoms with E-state index in [0.29, 0.717) is 33.5 Å². The topological polar surface area (TPSA) is 83.1 Å². The van der Waals surface area contributed by atoms with Crippen LogP contribution in [-0.4, -0.2) is 33.2 Å². The molecule has 160 valence electrons. The molecule has 0 aliphatic rings. The number of hydrogen-bond donors (Lipinski definition) is 1. The van der Waals surface area contributed by atoms with E-state index in [1.807, 2.05) is 0 Å². The Bertz CT molecular complexity index is 1060. The van der Waals surface area contributed by atoms with Gasteiger partial charge < -0.3 is 24.3 Å². The highest BCUT2D eigenvalue weighted by molar-refractivity contribution is 6.30. The molecule has 0 bridgehead atoms. The monoisotopic (exact) mass is 441 g/mol. The first-order valence-electron chi connectivity index (χ1n) is 9.14. The first kappa shape index (κ1) is 22.0. The lowest BCUT2D eigenvalue weighted by Crippen LogP contribution is -2.12. The third-order valence-corrected chi connectivity index (χ3v) is 4.58. The molecule has 0 saturated heterocycles. The van der Waals surface area contributed by atoms with Gasteiger partial charge >= 0.3 is 5.97 Å². The van der Waals surface area contributed by atoms with Crippen molar-refractivity contribution in [2.75, 3.05) is 26.6 Å². The molecular formula is C23H20ClNO6. The Hall–Kier alpha value is -3.71. The molecular weight excluding hydrogens is 422 g/mol. The van der Waals surface area contributed by atoms with Gasteiger partial charge in [-0.1, -0.05) is 11.6 Å². The minimum atomic E-state index is -0.613. The summed E-state index contributed by atoms with van der Waals surface area (Å²) in [5.74, 6) is 0.410. The molecule has 0 fully saturated rings. The molecule has 0 radical (unpaired) electrons. The van der Waals surface area contributed by atoms with Crippen LogP contribution >= 0.6 is 11.6 Å². The lowest BCUT2D eigenvalue weighted by atomic mass is 10.1. The van der Waals surface area contributed by atoms with E-state index in [9.17, 15) is 9.59 Å². The summed E-state index contributed by atoms with van der Waals surface area (Å²) in [5, 5.41) is 3.34. The Morgan fingerprint density at radius 3 is 1.87 bits per heavy atom. The van der Waals surface area contributed by atoms with Crippen LogP contribution in [0.4, 0.5) is 5.69 Å². The smallest absolute Gasteiger partial charge is 0.343 e. The van der Waals surface area contributed by atoms with Gasteiger partial charge in [-0.2, -0.15) is 0 Å². The van der Waals surface area contributed by atoms with E-state index in [0.717, 1.165) is 0 Å². The lowest BCUT2D eigenvalue weighted by Gasteiger charge is -2.13. The van der Waals surface area contributed by atoms with Gasteiger partial charge in [-0.05, 0) is 60.7 Å². The van der Waals surface area contributed by atoms with Crippen LogP contribution in [0.1, 0.15) is 20.7 Å². The molecule has 0 saturated carbocycles. The summed E-state index contributed by atoms with van der Waals surface area (Å²) in [6.07, 6.45) is 0. The minimum absolute atomic E-state index is 0.221. The number of rotatable bonds is 7. The maximum absolute atomic E-state index is 12.6. The van der Waals surface area contributed by atoms with Gasteiger partial charge in [-0.15, -0.1) is 0 Å². The Kier molecular flexibility index (Phi) is 6.99. The molecule has 0 heterocycles. The largest absolute Gasteiger partial charge is 0.493 e. The Morgan fingerprint density at radius 1 is 0.774 bits per heavy atom. The summed E-state index contributed by atoms with van der Waals surface area (Å²) in [4.78, 5) is 24.9. The summed E-state index contributed by atoms with van der Waals surface area (Å²) >= 11 is 5.84. The van der Waals surface area contributed by atoms with Gasteiger partial charge in [0.25, 0.3) is 5.91 Å². The first-order valence-corrected chi connectivity index (χ1v) is 9.52. The second-order valence-corrected chi connectivity index (χ2v) is 6.73. The number of amides is 1. The Balaban J connectivity index is 1.71. The summed E-state index contributed by atoms with van der Waals surface area (Å²) in [6, 6.07) is 16.0. The SMILES string of the molecule is COc1cc(C(=O)Oc2ccc(C(=O)Nc3ccc(Cl)cc3)cc2)cc(OC)c1OC. The molecule has 7 nitrogen and oxygen atoms in total. The normalized spacial score (nSPS) is 10.2. The van der Waals surface area contributed by atoms with Gasteiger partial charge in [0, 0.05) is 16.3 Å². The molecule has 0 aliphatic carbocycles. The molecule has 0 spiro atoms. The number of benzene rings is 3. The second kappa shape index (κ2) is 9.86. The Labute approximate surface area is 184 Å². The molecule has 8 heteroatoms. The third-order valence-electron chi connectivity index (χ3n) is 4.33. The highest BCUT2D eigenvalue weighted by Crippen LogP contribution is 2.38. The number of ether oxygens (including phenoxy) is 4. The van der Waals surface area contributed by atoms with Gasteiger partial charge in [0.2, 0.25) is 5.75 Å². The number of halogens is 1. The molecule has 1 amide bonds. The molecule has 0 unspecified atom stereocenters. The molecule has 0 aliphatic heterocycles. The van der Waals surface area contributed by atoms with Crippen molar-refractivity contribution in [3.05, 3.63) is 76.8 Å². The van der Waals surface area contributed by atoms with Gasteiger partial charge in [0.1, 0.15) is 5.75 Å². The van der Waals surface area contributed by atoms with Crippen molar-refractivity contribution >= 4 is 29.2 Å². The van der Waals surface area contributed by atoms with Crippen LogP contribution in [0.25, 0.3) is 0 Å². The number of hydrogen-bond acceptors (Lipinski definition) is 6. The van der Waals surface area contributed by atoms with Crippen LogP contribution in [0, 0.1) is 0 Å². The van der Waals surface area contributed by atoms with Crippen molar-refractivity contribution in [3.63, 3.8) is 0 Å². The predicted molar refractivity (Wildman–Crippen MR) is 117 cm³/mol. The van der Waals surface area contributed by atoms with Crippen molar-refractivity contribution < 1.29 is 28.5 Å². The quantitative estimate of drug-likeness (QED) is 0.417.